The van der Waals surface area contributed by atoms with E-state index < -0.39 is 21.8 Å². The second-order valence-corrected chi connectivity index (χ2v) is 7.57. The van der Waals surface area contributed by atoms with Gasteiger partial charge < -0.3 is 4.74 Å². The lowest BCUT2D eigenvalue weighted by Crippen LogP contribution is -2.27. The molecule has 6 nitrogen and oxygen atoms in total. The third-order valence-corrected chi connectivity index (χ3v) is 3.94. The van der Waals surface area contributed by atoms with E-state index in [1.807, 2.05) is 0 Å². The Hall–Kier alpha value is -1.31. The standard InChI is InChI=1S/C14H20ClNO5S/c1-5-8-20-22(18,19)10-6-7-11(15)12(9-10)16-13(17)21-14(2,3)4/h6-7,9H,5,8H2,1-4H3,(H,16,17). The molecule has 8 heteroatoms. The molecule has 0 heterocycles. The van der Waals surface area contributed by atoms with Crippen molar-refractivity contribution in [1.82, 2.24) is 0 Å². The molecule has 124 valence electrons. The summed E-state index contributed by atoms with van der Waals surface area (Å²) >= 11 is 5.96. The summed E-state index contributed by atoms with van der Waals surface area (Å²) in [5, 5.41) is 2.62. The zero-order chi connectivity index (χ0) is 17.0. The number of hydrogen-bond acceptors (Lipinski definition) is 5. The maximum absolute atomic E-state index is 12.0. The Morgan fingerprint density at radius 3 is 2.50 bits per heavy atom. The van der Waals surface area contributed by atoms with Crippen LogP contribution in [0.5, 0.6) is 0 Å². The number of ether oxygens (including phenoxy) is 1. The lowest BCUT2D eigenvalue weighted by molar-refractivity contribution is 0.0636. The molecule has 1 rings (SSSR count). The van der Waals surface area contributed by atoms with Crippen LogP contribution in [-0.4, -0.2) is 26.7 Å². The monoisotopic (exact) mass is 349 g/mol. The minimum atomic E-state index is -3.88. The number of carbonyl (C=O) groups is 1. The second kappa shape index (κ2) is 7.30. The quantitative estimate of drug-likeness (QED) is 0.817. The van der Waals surface area contributed by atoms with Crippen molar-refractivity contribution in [3.05, 3.63) is 23.2 Å². The number of anilines is 1. The molecule has 0 saturated heterocycles. The Kier molecular flexibility index (Phi) is 6.22. The van der Waals surface area contributed by atoms with E-state index in [4.69, 9.17) is 20.5 Å². The number of nitrogens with one attached hydrogen (secondary N) is 1. The molecule has 1 aromatic carbocycles. The Bertz CT molecular complexity index is 637. The SMILES string of the molecule is CCCOS(=O)(=O)c1ccc(Cl)c(NC(=O)OC(C)(C)C)c1. The highest BCUT2D eigenvalue weighted by Crippen LogP contribution is 2.26. The maximum atomic E-state index is 12.0. The normalized spacial score (nSPS) is 12.0. The molecule has 0 spiro atoms. The Labute approximate surface area is 135 Å². The first-order valence-electron chi connectivity index (χ1n) is 6.74. The molecule has 0 saturated carbocycles. The van der Waals surface area contributed by atoms with Crippen molar-refractivity contribution in [2.24, 2.45) is 0 Å². The number of benzene rings is 1. The van der Waals surface area contributed by atoms with E-state index in [2.05, 4.69) is 5.32 Å². The topological polar surface area (TPSA) is 81.7 Å². The molecule has 0 aliphatic heterocycles. The molecule has 0 aliphatic carbocycles. The summed E-state index contributed by atoms with van der Waals surface area (Å²) in [6, 6.07) is 3.92. The number of halogens is 1. The van der Waals surface area contributed by atoms with E-state index in [-0.39, 0.29) is 22.2 Å². The highest BCUT2D eigenvalue weighted by Gasteiger charge is 2.20. The number of carbonyl (C=O) groups excluding carboxylic acids is 1. The van der Waals surface area contributed by atoms with Crippen LogP contribution in [0.15, 0.2) is 23.1 Å². The fraction of sp³-hybridized carbons (Fsp3) is 0.500. The third kappa shape index (κ3) is 5.82. The highest BCUT2D eigenvalue weighted by atomic mass is 35.5. The van der Waals surface area contributed by atoms with Crippen molar-refractivity contribution < 1.29 is 22.1 Å². The molecule has 0 atom stereocenters. The van der Waals surface area contributed by atoms with Crippen LogP contribution in [0.25, 0.3) is 0 Å². The van der Waals surface area contributed by atoms with Gasteiger partial charge in [-0.15, -0.1) is 0 Å². The van der Waals surface area contributed by atoms with E-state index in [9.17, 15) is 13.2 Å². The van der Waals surface area contributed by atoms with Crippen molar-refractivity contribution in [3.8, 4) is 0 Å². The zero-order valence-corrected chi connectivity index (χ0v) is 14.5. The summed E-state index contributed by atoms with van der Waals surface area (Å²) in [6.07, 6.45) is -0.158. The van der Waals surface area contributed by atoms with Crippen LogP contribution in [0.3, 0.4) is 0 Å². The molecule has 1 N–H and O–H groups in total. The van der Waals surface area contributed by atoms with Crippen LogP contribution in [0.4, 0.5) is 10.5 Å². The molecule has 1 amide bonds. The summed E-state index contributed by atoms with van der Waals surface area (Å²) in [5.41, 5.74) is -0.540. The predicted molar refractivity (Wildman–Crippen MR) is 84.7 cm³/mol. The summed E-state index contributed by atoms with van der Waals surface area (Å²) in [7, 11) is -3.88. The molecule has 0 bridgehead atoms. The smallest absolute Gasteiger partial charge is 0.412 e. The molecule has 0 fully saturated rings. The first-order valence-corrected chi connectivity index (χ1v) is 8.53. The average molecular weight is 350 g/mol. The molecule has 0 radical (unpaired) electrons. The van der Waals surface area contributed by atoms with Gasteiger partial charge in [-0.2, -0.15) is 8.42 Å². The van der Waals surface area contributed by atoms with E-state index in [0.29, 0.717) is 6.42 Å². The van der Waals surface area contributed by atoms with Crippen LogP contribution < -0.4 is 5.32 Å². The van der Waals surface area contributed by atoms with E-state index >= 15 is 0 Å². The second-order valence-electron chi connectivity index (χ2n) is 5.54. The molecule has 0 aliphatic rings. The fourth-order valence-corrected chi connectivity index (χ4v) is 2.61. The lowest BCUT2D eigenvalue weighted by atomic mass is 10.2. The van der Waals surface area contributed by atoms with E-state index in [1.165, 1.54) is 18.2 Å². The Morgan fingerprint density at radius 1 is 1.32 bits per heavy atom. The van der Waals surface area contributed by atoms with Crippen LogP contribution in [0.2, 0.25) is 5.02 Å². The van der Waals surface area contributed by atoms with Gasteiger partial charge in [-0.3, -0.25) is 9.50 Å². The third-order valence-electron chi connectivity index (χ3n) is 2.30. The number of amides is 1. The van der Waals surface area contributed by atoms with E-state index in [0.717, 1.165) is 0 Å². The minimum absolute atomic E-state index is 0.0831. The van der Waals surface area contributed by atoms with Crippen molar-refractivity contribution in [2.75, 3.05) is 11.9 Å². The van der Waals surface area contributed by atoms with Gasteiger partial charge in [-0.1, -0.05) is 18.5 Å². The highest BCUT2D eigenvalue weighted by molar-refractivity contribution is 7.86. The van der Waals surface area contributed by atoms with Gasteiger partial charge in [0.2, 0.25) is 0 Å². The van der Waals surface area contributed by atoms with Crippen molar-refractivity contribution in [2.45, 2.75) is 44.6 Å². The van der Waals surface area contributed by atoms with Gasteiger partial charge in [-0.05, 0) is 45.4 Å². The van der Waals surface area contributed by atoms with Crippen LogP contribution in [-0.2, 0) is 19.0 Å². The summed E-state index contributed by atoms with van der Waals surface area (Å²) in [4.78, 5) is 11.7. The van der Waals surface area contributed by atoms with Crippen LogP contribution in [0, 0.1) is 0 Å². The number of hydrogen-bond donors (Lipinski definition) is 1. The summed E-state index contributed by atoms with van der Waals surface area (Å²) < 4.78 is 33.8. The predicted octanol–water partition coefficient (Wildman–Crippen LogP) is 3.80. The van der Waals surface area contributed by atoms with Crippen molar-refractivity contribution in [1.29, 1.82) is 0 Å². The van der Waals surface area contributed by atoms with Gasteiger partial charge in [0.1, 0.15) is 5.60 Å². The largest absolute Gasteiger partial charge is 0.444 e. The molecule has 1 aromatic rings. The number of rotatable bonds is 5. The van der Waals surface area contributed by atoms with Gasteiger partial charge in [0.15, 0.2) is 0 Å². The summed E-state index contributed by atoms with van der Waals surface area (Å²) in [6.45, 7) is 7.03. The first-order chi connectivity index (χ1) is 10.0. The van der Waals surface area contributed by atoms with Gasteiger partial charge in [0.05, 0.1) is 22.2 Å². The van der Waals surface area contributed by atoms with Crippen molar-refractivity contribution in [3.63, 3.8) is 0 Å². The van der Waals surface area contributed by atoms with Gasteiger partial charge in [0.25, 0.3) is 10.1 Å². The Balaban J connectivity index is 2.98. The molecule has 22 heavy (non-hydrogen) atoms. The lowest BCUT2D eigenvalue weighted by Gasteiger charge is -2.20. The fourth-order valence-electron chi connectivity index (χ4n) is 1.43. The van der Waals surface area contributed by atoms with Gasteiger partial charge in [-0.25, -0.2) is 4.79 Å². The van der Waals surface area contributed by atoms with Gasteiger partial charge in [0, 0.05) is 0 Å². The van der Waals surface area contributed by atoms with Crippen LogP contribution in [0.1, 0.15) is 34.1 Å². The first kappa shape index (κ1) is 18.7. The van der Waals surface area contributed by atoms with Crippen molar-refractivity contribution >= 4 is 33.5 Å². The van der Waals surface area contributed by atoms with Crippen LogP contribution >= 0.6 is 11.6 Å². The molecular formula is C14H20ClNO5S. The molecule has 0 aromatic heterocycles. The minimum Gasteiger partial charge on any atom is -0.444 e. The van der Waals surface area contributed by atoms with Gasteiger partial charge >= 0.3 is 6.09 Å². The van der Waals surface area contributed by atoms with E-state index in [1.54, 1.807) is 27.7 Å². The zero-order valence-electron chi connectivity index (χ0n) is 13.0. The Morgan fingerprint density at radius 2 is 1.95 bits per heavy atom. The molecular weight excluding hydrogens is 330 g/mol. The molecule has 0 unspecified atom stereocenters. The summed E-state index contributed by atoms with van der Waals surface area (Å²) in [5.74, 6) is 0. The maximum Gasteiger partial charge on any atom is 0.412 e. The average Bonchev–Trinajstić information content (AvgIpc) is 2.36.